The Morgan fingerprint density at radius 1 is 1.45 bits per heavy atom. The molecule has 1 aliphatic rings. The third-order valence-corrected chi connectivity index (χ3v) is 4.63. The second kappa shape index (κ2) is 7.07. The van der Waals surface area contributed by atoms with E-state index in [-0.39, 0.29) is 16.7 Å². The van der Waals surface area contributed by atoms with Gasteiger partial charge in [0.1, 0.15) is 0 Å². The summed E-state index contributed by atoms with van der Waals surface area (Å²) in [5, 5.41) is 11.8. The van der Waals surface area contributed by atoms with Crippen molar-refractivity contribution in [3.8, 4) is 5.75 Å². The molecule has 1 aliphatic carbocycles. The van der Waals surface area contributed by atoms with Gasteiger partial charge in [0.2, 0.25) is 0 Å². The molecule has 0 N–H and O–H groups in total. The molecule has 1 aromatic carbocycles. The SMILES string of the molecule is CCC1CCCC(Oc2ccc(CBr)cc2[N+](=O)[O-])C1. The minimum Gasteiger partial charge on any atom is -0.483 e. The van der Waals surface area contributed by atoms with Crippen LogP contribution in [-0.4, -0.2) is 11.0 Å². The first-order valence-electron chi connectivity index (χ1n) is 7.14. The lowest BCUT2D eigenvalue weighted by Gasteiger charge is -2.28. The highest BCUT2D eigenvalue weighted by molar-refractivity contribution is 9.08. The second-order valence-corrected chi connectivity index (χ2v) is 5.93. The summed E-state index contributed by atoms with van der Waals surface area (Å²) in [4.78, 5) is 10.8. The summed E-state index contributed by atoms with van der Waals surface area (Å²) < 4.78 is 5.92. The first-order chi connectivity index (χ1) is 9.63. The number of hydrogen-bond acceptors (Lipinski definition) is 3. The fourth-order valence-corrected chi connectivity index (χ4v) is 3.14. The molecule has 0 radical (unpaired) electrons. The Morgan fingerprint density at radius 2 is 2.25 bits per heavy atom. The molecule has 110 valence electrons. The molecule has 4 nitrogen and oxygen atoms in total. The fourth-order valence-electron chi connectivity index (χ4n) is 2.79. The van der Waals surface area contributed by atoms with Crippen molar-refractivity contribution in [2.75, 3.05) is 0 Å². The molecule has 5 heteroatoms. The summed E-state index contributed by atoms with van der Waals surface area (Å²) in [5.41, 5.74) is 0.958. The van der Waals surface area contributed by atoms with Crippen molar-refractivity contribution < 1.29 is 9.66 Å². The van der Waals surface area contributed by atoms with Gasteiger partial charge in [0, 0.05) is 11.4 Å². The number of nitro benzene ring substituents is 1. The monoisotopic (exact) mass is 341 g/mol. The maximum Gasteiger partial charge on any atom is 0.311 e. The predicted octanol–water partition coefficient (Wildman–Crippen LogP) is 4.84. The van der Waals surface area contributed by atoms with E-state index in [1.165, 1.54) is 6.42 Å². The van der Waals surface area contributed by atoms with Crippen LogP contribution in [0.4, 0.5) is 5.69 Å². The van der Waals surface area contributed by atoms with Gasteiger partial charge in [0.05, 0.1) is 11.0 Å². The smallest absolute Gasteiger partial charge is 0.311 e. The number of halogens is 1. The number of nitrogens with zero attached hydrogens (tertiary/aromatic N) is 1. The van der Waals surface area contributed by atoms with Gasteiger partial charge in [-0.25, -0.2) is 0 Å². The highest BCUT2D eigenvalue weighted by Gasteiger charge is 2.25. The predicted molar refractivity (Wildman–Crippen MR) is 82.4 cm³/mol. The average molecular weight is 342 g/mol. The average Bonchev–Trinajstić information content (AvgIpc) is 2.47. The molecular formula is C15H20BrNO3. The Bertz CT molecular complexity index is 478. The van der Waals surface area contributed by atoms with Crippen LogP contribution in [0, 0.1) is 16.0 Å². The van der Waals surface area contributed by atoms with Crippen LogP contribution in [0.25, 0.3) is 0 Å². The Morgan fingerprint density at radius 3 is 2.90 bits per heavy atom. The van der Waals surface area contributed by atoms with Crippen molar-refractivity contribution in [3.63, 3.8) is 0 Å². The molecular weight excluding hydrogens is 322 g/mol. The lowest BCUT2D eigenvalue weighted by atomic mass is 9.85. The lowest BCUT2D eigenvalue weighted by molar-refractivity contribution is -0.386. The van der Waals surface area contributed by atoms with Crippen LogP contribution in [0.3, 0.4) is 0 Å². The summed E-state index contributed by atoms with van der Waals surface area (Å²) in [5.74, 6) is 1.09. The van der Waals surface area contributed by atoms with Crippen molar-refractivity contribution in [2.24, 2.45) is 5.92 Å². The highest BCUT2D eigenvalue weighted by atomic mass is 79.9. The van der Waals surface area contributed by atoms with Crippen molar-refractivity contribution in [2.45, 2.75) is 50.5 Å². The molecule has 0 bridgehead atoms. The zero-order valence-corrected chi connectivity index (χ0v) is 13.3. The van der Waals surface area contributed by atoms with E-state index in [4.69, 9.17) is 4.74 Å². The molecule has 0 aliphatic heterocycles. The third kappa shape index (κ3) is 3.72. The van der Waals surface area contributed by atoms with Crippen LogP contribution in [0.1, 0.15) is 44.6 Å². The van der Waals surface area contributed by atoms with Crippen LogP contribution in [0.5, 0.6) is 5.75 Å². The van der Waals surface area contributed by atoms with Crippen LogP contribution in [-0.2, 0) is 5.33 Å². The van der Waals surface area contributed by atoms with E-state index in [9.17, 15) is 10.1 Å². The van der Waals surface area contributed by atoms with Gasteiger partial charge in [-0.3, -0.25) is 10.1 Å². The number of ether oxygens (including phenoxy) is 1. The molecule has 2 unspecified atom stereocenters. The van der Waals surface area contributed by atoms with Crippen molar-refractivity contribution >= 4 is 21.6 Å². The molecule has 1 aromatic rings. The number of alkyl halides is 1. The first-order valence-corrected chi connectivity index (χ1v) is 8.26. The van der Waals surface area contributed by atoms with Crippen molar-refractivity contribution in [3.05, 3.63) is 33.9 Å². The quantitative estimate of drug-likeness (QED) is 0.437. The molecule has 20 heavy (non-hydrogen) atoms. The summed E-state index contributed by atoms with van der Waals surface area (Å²) >= 11 is 3.32. The normalized spacial score (nSPS) is 22.5. The van der Waals surface area contributed by atoms with Gasteiger partial charge in [-0.15, -0.1) is 0 Å². The van der Waals surface area contributed by atoms with E-state index >= 15 is 0 Å². The van der Waals surface area contributed by atoms with Crippen LogP contribution >= 0.6 is 15.9 Å². The van der Waals surface area contributed by atoms with E-state index < -0.39 is 0 Å². The van der Waals surface area contributed by atoms with Crippen molar-refractivity contribution in [1.29, 1.82) is 0 Å². The fraction of sp³-hybridized carbons (Fsp3) is 0.600. The van der Waals surface area contributed by atoms with Crippen LogP contribution < -0.4 is 4.74 Å². The van der Waals surface area contributed by atoms with Gasteiger partial charge in [-0.2, -0.15) is 0 Å². The molecule has 0 aromatic heterocycles. The van der Waals surface area contributed by atoms with Gasteiger partial charge >= 0.3 is 5.69 Å². The number of rotatable bonds is 5. The summed E-state index contributed by atoms with van der Waals surface area (Å²) in [6, 6.07) is 5.19. The molecule has 2 atom stereocenters. The minimum atomic E-state index is -0.360. The maximum atomic E-state index is 11.2. The maximum absolute atomic E-state index is 11.2. The molecule has 0 spiro atoms. The van der Waals surface area contributed by atoms with E-state index in [0.29, 0.717) is 17.0 Å². The van der Waals surface area contributed by atoms with E-state index in [2.05, 4.69) is 22.9 Å². The minimum absolute atomic E-state index is 0.0700. The van der Waals surface area contributed by atoms with Crippen LogP contribution in [0.2, 0.25) is 0 Å². The molecule has 1 fully saturated rings. The van der Waals surface area contributed by atoms with Crippen molar-refractivity contribution in [1.82, 2.24) is 0 Å². The standard InChI is InChI=1S/C15H20BrNO3/c1-2-11-4-3-5-13(8-11)20-15-7-6-12(10-16)9-14(15)17(18)19/h6-7,9,11,13H,2-5,8,10H2,1H3. The van der Waals surface area contributed by atoms with Gasteiger partial charge in [-0.05, 0) is 36.8 Å². The summed E-state index contributed by atoms with van der Waals surface area (Å²) in [6.45, 7) is 2.19. The molecule has 2 rings (SSSR count). The largest absolute Gasteiger partial charge is 0.483 e. The Balaban J connectivity index is 2.14. The zero-order chi connectivity index (χ0) is 14.5. The highest BCUT2D eigenvalue weighted by Crippen LogP contribution is 2.34. The molecule has 0 heterocycles. The van der Waals surface area contributed by atoms with Gasteiger partial charge in [0.25, 0.3) is 0 Å². The van der Waals surface area contributed by atoms with Gasteiger partial charge in [-0.1, -0.05) is 41.8 Å². The second-order valence-electron chi connectivity index (χ2n) is 5.37. The number of hydrogen-bond donors (Lipinski definition) is 0. The summed E-state index contributed by atoms with van der Waals surface area (Å²) in [6.07, 6.45) is 5.67. The van der Waals surface area contributed by atoms with Crippen LogP contribution in [0.15, 0.2) is 18.2 Å². The molecule has 0 amide bonds. The van der Waals surface area contributed by atoms with E-state index in [1.54, 1.807) is 12.1 Å². The first kappa shape index (κ1) is 15.3. The number of nitro groups is 1. The van der Waals surface area contributed by atoms with E-state index in [1.807, 2.05) is 6.07 Å². The topological polar surface area (TPSA) is 52.4 Å². The van der Waals surface area contributed by atoms with Gasteiger partial charge < -0.3 is 4.74 Å². The number of benzene rings is 1. The molecule has 0 saturated heterocycles. The van der Waals surface area contributed by atoms with E-state index in [0.717, 1.165) is 31.2 Å². The zero-order valence-electron chi connectivity index (χ0n) is 11.7. The summed E-state index contributed by atoms with van der Waals surface area (Å²) in [7, 11) is 0. The lowest BCUT2D eigenvalue weighted by Crippen LogP contribution is -2.25. The third-order valence-electron chi connectivity index (χ3n) is 3.98. The molecule has 1 saturated carbocycles. The Labute approximate surface area is 127 Å². The Kier molecular flexibility index (Phi) is 5.40. The van der Waals surface area contributed by atoms with Gasteiger partial charge in [0.15, 0.2) is 5.75 Å². The Hall–Kier alpha value is -1.10.